The van der Waals surface area contributed by atoms with Gasteiger partial charge in [-0.2, -0.15) is 5.26 Å². The molecule has 1 amide bonds. The first-order valence-corrected chi connectivity index (χ1v) is 13.5. The molecule has 0 spiro atoms. The Morgan fingerprint density at radius 3 is 2.69 bits per heavy atom. The minimum atomic E-state index is -3.85. The van der Waals surface area contributed by atoms with Crippen LogP contribution >= 0.6 is 11.8 Å². The molecule has 2 heterocycles. The zero-order chi connectivity index (χ0) is 25.2. The summed E-state index contributed by atoms with van der Waals surface area (Å²) in [7, 11) is -3.85. The van der Waals surface area contributed by atoms with E-state index in [1.54, 1.807) is 13.8 Å². The maximum atomic E-state index is 12.8. The Kier molecular flexibility index (Phi) is 7.14. The van der Waals surface area contributed by atoms with Crippen LogP contribution in [0, 0.1) is 24.2 Å². The third-order valence-electron chi connectivity index (χ3n) is 5.68. The molecule has 0 saturated carbocycles. The molecule has 2 unspecified atom stereocenters. The Balaban J connectivity index is 1.41. The summed E-state index contributed by atoms with van der Waals surface area (Å²) in [4.78, 5) is 17.5. The van der Waals surface area contributed by atoms with Crippen molar-refractivity contribution >= 4 is 39.2 Å². The van der Waals surface area contributed by atoms with E-state index >= 15 is 0 Å². The Labute approximate surface area is 208 Å². The number of sulfonamides is 1. The summed E-state index contributed by atoms with van der Waals surface area (Å²) >= 11 is 1.24. The fourth-order valence-electron chi connectivity index (χ4n) is 3.79. The summed E-state index contributed by atoms with van der Waals surface area (Å²) < 4.78 is 32.2. The van der Waals surface area contributed by atoms with Gasteiger partial charge in [0.15, 0.2) is 5.82 Å². The number of aromatic nitrogens is 2. The number of carbonyl (C=O) groups is 1. The van der Waals surface area contributed by atoms with Crippen LogP contribution in [-0.4, -0.2) is 29.7 Å². The van der Waals surface area contributed by atoms with Gasteiger partial charge in [-0.25, -0.2) is 13.4 Å². The van der Waals surface area contributed by atoms with Crippen LogP contribution in [0.2, 0.25) is 0 Å². The molecule has 1 aliphatic rings. The molecular weight excluding hydrogens is 486 g/mol. The van der Waals surface area contributed by atoms with Crippen LogP contribution in [0.3, 0.4) is 0 Å². The molecular formula is C24H25N5O4S2. The predicted molar refractivity (Wildman–Crippen MR) is 133 cm³/mol. The summed E-state index contributed by atoms with van der Waals surface area (Å²) in [5.41, 5.74) is 3.05. The van der Waals surface area contributed by atoms with Gasteiger partial charge in [0.25, 0.3) is 10.0 Å². The van der Waals surface area contributed by atoms with Crippen molar-refractivity contribution in [3.05, 3.63) is 59.0 Å². The van der Waals surface area contributed by atoms with E-state index in [1.165, 1.54) is 42.1 Å². The zero-order valence-corrected chi connectivity index (χ0v) is 21.2. The molecule has 9 nitrogen and oxygen atoms in total. The van der Waals surface area contributed by atoms with E-state index in [1.807, 2.05) is 6.07 Å². The second-order valence-electron chi connectivity index (χ2n) is 8.61. The summed E-state index contributed by atoms with van der Waals surface area (Å²) in [6.07, 6.45) is 2.85. The molecule has 0 radical (unpaired) electrons. The van der Waals surface area contributed by atoms with Crippen LogP contribution in [-0.2, 0) is 27.7 Å². The number of benzene rings is 1. The van der Waals surface area contributed by atoms with Crippen LogP contribution in [0.5, 0.6) is 0 Å². The number of nitriles is 1. The molecule has 2 aromatic heterocycles. The highest BCUT2D eigenvalue weighted by Crippen LogP contribution is 2.31. The quantitative estimate of drug-likeness (QED) is 0.448. The highest BCUT2D eigenvalue weighted by atomic mass is 32.2. The van der Waals surface area contributed by atoms with Crippen molar-refractivity contribution in [1.82, 2.24) is 10.1 Å². The first kappa shape index (κ1) is 24.8. The molecule has 2 atom stereocenters. The van der Waals surface area contributed by atoms with Gasteiger partial charge < -0.3 is 9.84 Å². The number of hydrogen-bond donors (Lipinski definition) is 2. The summed E-state index contributed by atoms with van der Waals surface area (Å²) in [6, 6.07) is 11.4. The maximum absolute atomic E-state index is 12.8. The predicted octanol–water partition coefficient (Wildman–Crippen LogP) is 4.29. The van der Waals surface area contributed by atoms with Crippen molar-refractivity contribution < 1.29 is 17.7 Å². The Morgan fingerprint density at radius 2 is 2.03 bits per heavy atom. The lowest BCUT2D eigenvalue weighted by Crippen LogP contribution is -2.23. The van der Waals surface area contributed by atoms with Gasteiger partial charge in [0.05, 0.1) is 15.7 Å². The van der Waals surface area contributed by atoms with E-state index < -0.39 is 15.3 Å². The maximum Gasteiger partial charge on any atom is 0.263 e. The average Bonchev–Trinajstić information content (AvgIpc) is 3.22. The number of amides is 1. The Hall–Kier alpha value is -3.36. The Morgan fingerprint density at radius 1 is 1.29 bits per heavy atom. The molecule has 0 aliphatic heterocycles. The van der Waals surface area contributed by atoms with E-state index in [-0.39, 0.29) is 16.6 Å². The molecule has 35 heavy (non-hydrogen) atoms. The van der Waals surface area contributed by atoms with Crippen LogP contribution in [0.1, 0.15) is 42.8 Å². The monoisotopic (exact) mass is 511 g/mol. The van der Waals surface area contributed by atoms with Crippen molar-refractivity contribution in [3.63, 3.8) is 0 Å². The third kappa shape index (κ3) is 5.83. The lowest BCUT2D eigenvalue weighted by atomic mass is 9.87. The van der Waals surface area contributed by atoms with Gasteiger partial charge in [-0.05, 0) is 74.9 Å². The summed E-state index contributed by atoms with van der Waals surface area (Å²) in [6.45, 7) is 5.60. The van der Waals surface area contributed by atoms with Crippen LogP contribution in [0.15, 0.2) is 50.8 Å². The number of rotatable bonds is 7. The van der Waals surface area contributed by atoms with Crippen molar-refractivity contribution in [2.45, 2.75) is 55.2 Å². The molecule has 0 fully saturated rings. The van der Waals surface area contributed by atoms with E-state index in [0.717, 1.165) is 30.5 Å². The van der Waals surface area contributed by atoms with E-state index in [4.69, 9.17) is 9.51 Å². The molecule has 0 bridgehead atoms. The number of fused-ring (bicyclic) bond motifs is 1. The number of hydrogen-bond acceptors (Lipinski definition) is 8. The van der Waals surface area contributed by atoms with E-state index in [9.17, 15) is 18.5 Å². The van der Waals surface area contributed by atoms with Gasteiger partial charge in [-0.3, -0.25) is 9.52 Å². The minimum absolute atomic E-state index is 0.0183. The topological polar surface area (TPSA) is 138 Å². The normalized spacial score (nSPS) is 16.1. The van der Waals surface area contributed by atoms with Crippen molar-refractivity contribution in [1.29, 1.82) is 5.26 Å². The first-order chi connectivity index (χ1) is 16.6. The van der Waals surface area contributed by atoms with Crippen LogP contribution in [0.4, 0.5) is 11.5 Å². The average molecular weight is 512 g/mol. The number of nitrogens with one attached hydrogen (secondary N) is 2. The second kappa shape index (κ2) is 10.1. The lowest BCUT2D eigenvalue weighted by Gasteiger charge is -2.22. The lowest BCUT2D eigenvalue weighted by molar-refractivity contribution is -0.115. The molecule has 4 rings (SSSR count). The van der Waals surface area contributed by atoms with Crippen molar-refractivity contribution in [2.75, 3.05) is 10.0 Å². The van der Waals surface area contributed by atoms with Crippen LogP contribution in [0.25, 0.3) is 0 Å². The number of nitrogens with zero attached hydrogens (tertiary/aromatic N) is 3. The van der Waals surface area contributed by atoms with Gasteiger partial charge in [0, 0.05) is 17.4 Å². The molecule has 182 valence electrons. The molecule has 2 N–H and O–H groups in total. The Bertz CT molecular complexity index is 1390. The summed E-state index contributed by atoms with van der Waals surface area (Å²) in [5, 5.41) is 16.0. The van der Waals surface area contributed by atoms with E-state index in [0.29, 0.717) is 28.0 Å². The highest BCUT2D eigenvalue weighted by Gasteiger charge is 2.23. The van der Waals surface area contributed by atoms with Gasteiger partial charge in [0.2, 0.25) is 5.91 Å². The SMILES string of the molecule is Cc1cc(NS(=O)(=O)c2ccc(NC(=O)C(C)Sc3nc4c(cc3C#N)CC(C)CC4)cc2)no1. The molecule has 11 heteroatoms. The standard InChI is InChI=1S/C24H25N5O4S2/c1-14-4-9-21-17(10-14)12-18(13-25)24(27-21)34-16(3)23(30)26-19-5-7-20(8-6-19)35(31,32)29-22-11-15(2)33-28-22/h5-8,11-12,14,16H,4,9-10H2,1-3H3,(H,26,30)(H,28,29). The number of anilines is 2. The molecule has 3 aromatic rings. The van der Waals surface area contributed by atoms with E-state index in [2.05, 4.69) is 28.2 Å². The highest BCUT2D eigenvalue weighted by molar-refractivity contribution is 8.00. The first-order valence-electron chi connectivity index (χ1n) is 11.1. The van der Waals surface area contributed by atoms with Crippen molar-refractivity contribution in [2.24, 2.45) is 5.92 Å². The van der Waals surface area contributed by atoms with Crippen LogP contribution < -0.4 is 10.0 Å². The summed E-state index contributed by atoms with van der Waals surface area (Å²) in [5.74, 6) is 0.865. The van der Waals surface area contributed by atoms with Crippen molar-refractivity contribution in [3.8, 4) is 6.07 Å². The van der Waals surface area contributed by atoms with Gasteiger partial charge in [0.1, 0.15) is 16.9 Å². The number of aryl methyl sites for hydroxylation is 2. The molecule has 1 aromatic carbocycles. The third-order valence-corrected chi connectivity index (χ3v) is 8.15. The number of carbonyl (C=O) groups excluding carboxylic acids is 1. The second-order valence-corrected chi connectivity index (χ2v) is 11.6. The minimum Gasteiger partial charge on any atom is -0.360 e. The fraction of sp³-hybridized carbons (Fsp3) is 0.333. The largest absolute Gasteiger partial charge is 0.360 e. The van der Waals surface area contributed by atoms with Gasteiger partial charge >= 0.3 is 0 Å². The molecule has 0 saturated heterocycles. The number of thioether (sulfide) groups is 1. The van der Waals surface area contributed by atoms with Gasteiger partial charge in [-0.1, -0.05) is 23.8 Å². The fourth-order valence-corrected chi connectivity index (χ4v) is 5.67. The smallest absolute Gasteiger partial charge is 0.263 e. The van der Waals surface area contributed by atoms with Gasteiger partial charge in [-0.15, -0.1) is 0 Å². The zero-order valence-electron chi connectivity index (χ0n) is 19.5. The number of pyridine rings is 1. The molecule has 1 aliphatic carbocycles.